The van der Waals surface area contributed by atoms with E-state index in [0.717, 1.165) is 54.1 Å². The lowest BCUT2D eigenvalue weighted by Crippen LogP contribution is -2.27. The van der Waals surface area contributed by atoms with Gasteiger partial charge >= 0.3 is 0 Å². The molecule has 3 heteroatoms. The topological polar surface area (TPSA) is 28.2 Å². The third-order valence-corrected chi connectivity index (χ3v) is 4.36. The summed E-state index contributed by atoms with van der Waals surface area (Å²) in [5.74, 6) is 0.931. The van der Waals surface area contributed by atoms with Gasteiger partial charge in [-0.25, -0.2) is 4.98 Å². The molecule has 1 rings (SSSR count). The van der Waals surface area contributed by atoms with Crippen molar-refractivity contribution in [1.29, 1.82) is 0 Å². The Kier molecular flexibility index (Phi) is 10.1. The maximum Gasteiger partial charge on any atom is 0.149 e. The molecule has 28 heavy (non-hydrogen) atoms. The molecule has 0 radical (unpaired) electrons. The van der Waals surface area contributed by atoms with Crippen molar-refractivity contribution in [1.82, 2.24) is 4.98 Å². The van der Waals surface area contributed by atoms with Gasteiger partial charge in [-0.3, -0.25) is 0 Å². The molecular formula is C25H37N3. The summed E-state index contributed by atoms with van der Waals surface area (Å²) >= 11 is 0. The van der Waals surface area contributed by atoms with E-state index in [0.29, 0.717) is 6.04 Å². The van der Waals surface area contributed by atoms with Crippen LogP contribution in [0.25, 0.3) is 5.57 Å². The van der Waals surface area contributed by atoms with Crippen molar-refractivity contribution >= 4 is 17.1 Å². The molecule has 1 N–H and O–H groups in total. The Balaban J connectivity index is 3.55. The molecule has 152 valence electrons. The lowest BCUT2D eigenvalue weighted by molar-refractivity contribution is 0.761. The summed E-state index contributed by atoms with van der Waals surface area (Å²) in [5, 5.41) is 3.50. The van der Waals surface area contributed by atoms with Gasteiger partial charge in [-0.2, -0.15) is 0 Å². The second kappa shape index (κ2) is 12.0. The molecule has 3 nitrogen and oxygen atoms in total. The van der Waals surface area contributed by atoms with Crippen LogP contribution >= 0.6 is 0 Å². The maximum absolute atomic E-state index is 4.80. The van der Waals surface area contributed by atoms with E-state index < -0.39 is 0 Å². The highest BCUT2D eigenvalue weighted by molar-refractivity contribution is 5.81. The number of nitrogens with zero attached hydrogens (tertiary/aromatic N) is 2. The monoisotopic (exact) mass is 379 g/mol. The first-order valence-electron chi connectivity index (χ1n) is 10.1. The first-order chi connectivity index (χ1) is 13.4. The maximum atomic E-state index is 4.80. The lowest BCUT2D eigenvalue weighted by Gasteiger charge is -2.27. The Hall–Kier alpha value is -2.55. The molecule has 0 saturated carbocycles. The molecule has 1 aromatic heterocycles. The second-order valence-electron chi connectivity index (χ2n) is 7.42. The van der Waals surface area contributed by atoms with E-state index in [2.05, 4.69) is 76.7 Å². The summed E-state index contributed by atoms with van der Waals surface area (Å²) < 4.78 is 0. The first-order valence-corrected chi connectivity index (χ1v) is 10.1. The standard InChI is InChI=1S/C25H37N3/c1-9-13-15-28(14-10-2)24-17-22(18-26-25(24)27-20(7)8)23(19(5)6)16-21(11-3)12-4/h9,11-12,16-18,20H,1,3-4,10,13-15H2,2,5-8H3,(H,26,27). The average Bonchev–Trinajstić information content (AvgIpc) is 2.66. The highest BCUT2D eigenvalue weighted by Gasteiger charge is 2.15. The zero-order valence-corrected chi connectivity index (χ0v) is 18.4. The third-order valence-electron chi connectivity index (χ3n) is 4.36. The molecule has 0 fully saturated rings. The van der Waals surface area contributed by atoms with Crippen molar-refractivity contribution < 1.29 is 0 Å². The summed E-state index contributed by atoms with van der Waals surface area (Å²) in [5.41, 5.74) is 5.62. The summed E-state index contributed by atoms with van der Waals surface area (Å²) in [6.45, 7) is 24.3. The molecule has 0 amide bonds. The van der Waals surface area contributed by atoms with Gasteiger partial charge in [0.2, 0.25) is 0 Å². The zero-order valence-electron chi connectivity index (χ0n) is 18.4. The van der Waals surface area contributed by atoms with E-state index in [4.69, 9.17) is 4.98 Å². The minimum Gasteiger partial charge on any atom is -0.368 e. The number of rotatable bonds is 12. The van der Waals surface area contributed by atoms with Crippen molar-refractivity contribution in [3.63, 3.8) is 0 Å². The number of nitrogens with one attached hydrogen (secondary N) is 1. The summed E-state index contributed by atoms with van der Waals surface area (Å²) in [6, 6.07) is 2.56. The zero-order chi connectivity index (χ0) is 21.1. The van der Waals surface area contributed by atoms with Crippen LogP contribution in [-0.2, 0) is 0 Å². The fraction of sp³-hybridized carbons (Fsp3) is 0.400. The molecule has 0 bridgehead atoms. The van der Waals surface area contributed by atoms with E-state index in [-0.39, 0.29) is 0 Å². The van der Waals surface area contributed by atoms with E-state index >= 15 is 0 Å². The molecule has 0 atom stereocenters. The number of allylic oxidation sites excluding steroid dienone is 6. The number of aromatic nitrogens is 1. The van der Waals surface area contributed by atoms with Crippen LogP contribution in [0.5, 0.6) is 0 Å². The predicted molar refractivity (Wildman–Crippen MR) is 127 cm³/mol. The van der Waals surface area contributed by atoms with Crippen molar-refractivity contribution in [3.8, 4) is 0 Å². The van der Waals surface area contributed by atoms with Gasteiger partial charge in [0.05, 0.1) is 5.69 Å². The van der Waals surface area contributed by atoms with E-state index in [1.807, 2.05) is 24.4 Å². The Bertz CT molecular complexity index is 724. The van der Waals surface area contributed by atoms with Crippen LogP contribution in [0.15, 0.2) is 67.5 Å². The van der Waals surface area contributed by atoms with Gasteiger partial charge in [0.1, 0.15) is 5.82 Å². The van der Waals surface area contributed by atoms with Crippen LogP contribution in [0.2, 0.25) is 0 Å². The lowest BCUT2D eigenvalue weighted by atomic mass is 9.99. The number of pyridine rings is 1. The smallest absolute Gasteiger partial charge is 0.149 e. The van der Waals surface area contributed by atoms with Gasteiger partial charge < -0.3 is 10.2 Å². The Labute approximate surface area is 172 Å². The third kappa shape index (κ3) is 6.88. The van der Waals surface area contributed by atoms with Crippen molar-refractivity contribution in [3.05, 3.63) is 73.0 Å². The number of hydrogen-bond donors (Lipinski definition) is 1. The SMILES string of the molecule is C=CCCN(CCC)c1cc(C(C=C(C=C)C=C)=C(C)C)cnc1NC(C)C. The fourth-order valence-corrected chi connectivity index (χ4v) is 2.98. The minimum absolute atomic E-state index is 0.316. The van der Waals surface area contributed by atoms with E-state index in [1.165, 1.54) is 5.57 Å². The van der Waals surface area contributed by atoms with Crippen molar-refractivity contribution in [2.24, 2.45) is 0 Å². The highest BCUT2D eigenvalue weighted by atomic mass is 15.2. The van der Waals surface area contributed by atoms with Gasteiger partial charge in [0.15, 0.2) is 0 Å². The molecule has 0 spiro atoms. The molecule has 0 aromatic carbocycles. The van der Waals surface area contributed by atoms with Crippen molar-refractivity contribution in [2.75, 3.05) is 23.3 Å². The molecule has 0 saturated heterocycles. The van der Waals surface area contributed by atoms with Crippen molar-refractivity contribution in [2.45, 2.75) is 53.5 Å². The van der Waals surface area contributed by atoms with Gasteiger partial charge in [-0.1, -0.05) is 43.9 Å². The van der Waals surface area contributed by atoms with Crippen LogP contribution in [0, 0.1) is 0 Å². The van der Waals surface area contributed by atoms with Gasteiger partial charge in [-0.05, 0) is 63.8 Å². The van der Waals surface area contributed by atoms with E-state index in [9.17, 15) is 0 Å². The van der Waals surface area contributed by atoms with Gasteiger partial charge in [0, 0.05) is 30.9 Å². The minimum atomic E-state index is 0.316. The number of hydrogen-bond acceptors (Lipinski definition) is 3. The van der Waals surface area contributed by atoms with Crippen LogP contribution < -0.4 is 10.2 Å². The Morgan fingerprint density at radius 3 is 2.36 bits per heavy atom. The van der Waals surface area contributed by atoms with Gasteiger partial charge in [-0.15, -0.1) is 6.58 Å². The normalized spacial score (nSPS) is 10.2. The molecule has 1 heterocycles. The highest BCUT2D eigenvalue weighted by Crippen LogP contribution is 2.31. The van der Waals surface area contributed by atoms with Crippen LogP contribution in [0.4, 0.5) is 11.5 Å². The van der Waals surface area contributed by atoms with Crippen LogP contribution in [-0.4, -0.2) is 24.1 Å². The van der Waals surface area contributed by atoms with E-state index in [1.54, 1.807) is 0 Å². The summed E-state index contributed by atoms with van der Waals surface area (Å²) in [4.78, 5) is 7.20. The molecule has 1 aromatic rings. The second-order valence-corrected chi connectivity index (χ2v) is 7.42. The van der Waals surface area contributed by atoms with Gasteiger partial charge in [0.25, 0.3) is 0 Å². The quantitative estimate of drug-likeness (QED) is 0.320. The Morgan fingerprint density at radius 2 is 1.86 bits per heavy atom. The molecular weight excluding hydrogens is 342 g/mol. The number of anilines is 2. The fourth-order valence-electron chi connectivity index (χ4n) is 2.98. The largest absolute Gasteiger partial charge is 0.368 e. The van der Waals surface area contributed by atoms with Crippen LogP contribution in [0.1, 0.15) is 53.0 Å². The predicted octanol–water partition coefficient (Wildman–Crippen LogP) is 6.79. The Morgan fingerprint density at radius 1 is 1.18 bits per heavy atom. The average molecular weight is 380 g/mol. The summed E-state index contributed by atoms with van der Waals surface area (Å²) in [7, 11) is 0. The molecule has 0 aliphatic heterocycles. The molecule has 0 aliphatic carbocycles. The first kappa shape index (κ1) is 23.5. The summed E-state index contributed by atoms with van der Waals surface area (Å²) in [6.07, 6.45) is 11.7. The van der Waals surface area contributed by atoms with Crippen LogP contribution in [0.3, 0.4) is 0 Å². The molecule has 0 aliphatic rings. The molecule has 0 unspecified atom stereocenters.